The minimum Gasteiger partial charge on any atom is -0.478 e. The van der Waals surface area contributed by atoms with Gasteiger partial charge in [0.25, 0.3) is 5.91 Å². The van der Waals surface area contributed by atoms with Crippen LogP contribution in [0.2, 0.25) is 0 Å². The first kappa shape index (κ1) is 39.8. The van der Waals surface area contributed by atoms with Crippen molar-refractivity contribution in [2.45, 2.75) is 102 Å². The van der Waals surface area contributed by atoms with E-state index < -0.39 is 62.5 Å². The van der Waals surface area contributed by atoms with Gasteiger partial charge in [-0.3, -0.25) is 14.9 Å². The number of carbonyl (C=O) groups excluding carboxylic acids is 2. The van der Waals surface area contributed by atoms with Gasteiger partial charge in [-0.1, -0.05) is 6.07 Å². The molecular formula is C35H44F6N4O6S. The number of hydrogen-bond acceptors (Lipinski definition) is 7. The summed E-state index contributed by atoms with van der Waals surface area (Å²) in [4.78, 5) is 28.0. The molecule has 0 saturated carbocycles. The molecule has 3 saturated heterocycles. The number of carbonyl (C=O) groups is 2. The molecule has 1 spiro atoms. The van der Waals surface area contributed by atoms with Gasteiger partial charge in [0.15, 0.2) is 5.60 Å². The lowest BCUT2D eigenvalue weighted by Gasteiger charge is -2.37. The molecule has 2 aromatic rings. The molecule has 17 heteroatoms. The van der Waals surface area contributed by atoms with E-state index in [1.807, 2.05) is 13.8 Å². The second kappa shape index (κ2) is 13.8. The summed E-state index contributed by atoms with van der Waals surface area (Å²) in [5.74, 6) is -1.92. The zero-order chi connectivity index (χ0) is 38.7. The summed E-state index contributed by atoms with van der Waals surface area (Å²) in [7, 11) is -3.80. The Kier molecular flexibility index (Phi) is 10.5. The monoisotopic (exact) mass is 762 g/mol. The molecule has 3 N–H and O–H groups in total. The van der Waals surface area contributed by atoms with E-state index >= 15 is 0 Å². The van der Waals surface area contributed by atoms with Crippen molar-refractivity contribution in [1.29, 1.82) is 0 Å². The van der Waals surface area contributed by atoms with Crippen molar-refractivity contribution in [3.05, 3.63) is 63.7 Å². The third kappa shape index (κ3) is 8.21. The summed E-state index contributed by atoms with van der Waals surface area (Å²) in [5.41, 5.74) is -3.65. The van der Waals surface area contributed by atoms with E-state index in [4.69, 9.17) is 4.74 Å². The number of aryl methyl sites for hydroxylation is 2. The number of halogens is 6. The molecule has 10 nitrogen and oxygen atoms in total. The van der Waals surface area contributed by atoms with Gasteiger partial charge in [-0.2, -0.15) is 26.3 Å². The van der Waals surface area contributed by atoms with Crippen molar-refractivity contribution in [2.75, 3.05) is 31.9 Å². The van der Waals surface area contributed by atoms with E-state index in [1.54, 1.807) is 24.0 Å². The van der Waals surface area contributed by atoms with Gasteiger partial charge >= 0.3 is 12.4 Å². The Labute approximate surface area is 298 Å². The number of sulfonamides is 1. The number of piperidine rings is 2. The van der Waals surface area contributed by atoms with E-state index in [0.29, 0.717) is 51.4 Å². The zero-order valence-corrected chi connectivity index (χ0v) is 30.4. The maximum absolute atomic E-state index is 14.0. The molecule has 3 aliphatic heterocycles. The van der Waals surface area contributed by atoms with Crippen molar-refractivity contribution in [3.8, 4) is 5.75 Å². The number of benzene rings is 2. The highest BCUT2D eigenvalue weighted by atomic mass is 32.2. The highest BCUT2D eigenvalue weighted by Crippen LogP contribution is 2.43. The molecule has 3 heterocycles. The number of amides is 2. The predicted molar refractivity (Wildman–Crippen MR) is 179 cm³/mol. The first-order valence-electron chi connectivity index (χ1n) is 17.0. The number of alkyl halides is 6. The number of nitrogens with one attached hydrogen (secondary N) is 2. The molecule has 2 amide bonds. The summed E-state index contributed by atoms with van der Waals surface area (Å²) in [6.45, 7) is 7.43. The van der Waals surface area contributed by atoms with Gasteiger partial charge in [-0.15, -0.1) is 0 Å². The van der Waals surface area contributed by atoms with Crippen LogP contribution in [0, 0.1) is 13.8 Å². The predicted octanol–water partition coefficient (Wildman–Crippen LogP) is 5.15. The molecule has 0 bridgehead atoms. The maximum atomic E-state index is 14.0. The Morgan fingerprint density at radius 2 is 1.54 bits per heavy atom. The fraction of sp³-hybridized carbons (Fsp3) is 0.600. The summed E-state index contributed by atoms with van der Waals surface area (Å²) in [6, 6.07) is 6.05. The van der Waals surface area contributed by atoms with Gasteiger partial charge in [0.2, 0.25) is 15.9 Å². The van der Waals surface area contributed by atoms with Crippen molar-refractivity contribution >= 4 is 21.8 Å². The number of ether oxygens (including phenoxy) is 1. The van der Waals surface area contributed by atoms with Gasteiger partial charge in [-0.25, -0.2) is 12.7 Å². The third-order valence-corrected chi connectivity index (χ3v) is 12.3. The number of likely N-dealkylation sites (tertiary alicyclic amines) is 1. The SMILES string of the molecule is Cc1cc(C(=O)N2CCC(C)(O)CC2)cc(C)c1CCS(=O)(=O)N1CCC2(CC1)NC(c1ccc(OC(C)(C)C(F)(F)F)c(C(F)(F)F)c1)NC2=O. The molecule has 2 aromatic carbocycles. The van der Waals surface area contributed by atoms with Crippen LogP contribution in [0.1, 0.15) is 90.8 Å². The Bertz CT molecular complexity index is 1790. The molecule has 3 aliphatic rings. The van der Waals surface area contributed by atoms with Crippen molar-refractivity contribution in [2.24, 2.45) is 0 Å². The molecular weight excluding hydrogens is 718 g/mol. The van der Waals surface area contributed by atoms with E-state index in [9.17, 15) is 49.5 Å². The summed E-state index contributed by atoms with van der Waals surface area (Å²) in [6.07, 6.45) is -9.93. The molecule has 3 fully saturated rings. The van der Waals surface area contributed by atoms with Crippen LogP contribution in [0.15, 0.2) is 30.3 Å². The topological polar surface area (TPSA) is 128 Å². The van der Waals surface area contributed by atoms with Crippen LogP contribution >= 0.6 is 0 Å². The van der Waals surface area contributed by atoms with Gasteiger partial charge in [0.1, 0.15) is 17.5 Å². The van der Waals surface area contributed by atoms with Gasteiger partial charge in [-0.05, 0) is 113 Å². The average molecular weight is 763 g/mol. The molecule has 0 aromatic heterocycles. The molecule has 5 rings (SSSR count). The molecule has 52 heavy (non-hydrogen) atoms. The van der Waals surface area contributed by atoms with E-state index in [-0.39, 0.29) is 49.6 Å². The largest absolute Gasteiger partial charge is 0.478 e. The average Bonchev–Trinajstić information content (AvgIpc) is 3.34. The van der Waals surface area contributed by atoms with Gasteiger partial charge in [0, 0.05) is 31.7 Å². The fourth-order valence-electron chi connectivity index (χ4n) is 6.95. The van der Waals surface area contributed by atoms with Crippen LogP contribution < -0.4 is 15.4 Å². The van der Waals surface area contributed by atoms with Crippen LogP contribution in [0.3, 0.4) is 0 Å². The fourth-order valence-corrected chi connectivity index (χ4v) is 8.41. The third-order valence-electron chi connectivity index (χ3n) is 10.5. The summed E-state index contributed by atoms with van der Waals surface area (Å²) < 4.78 is 115. The van der Waals surface area contributed by atoms with Gasteiger partial charge < -0.3 is 20.1 Å². The van der Waals surface area contributed by atoms with Gasteiger partial charge in [0.05, 0.1) is 16.9 Å². The van der Waals surface area contributed by atoms with E-state index in [0.717, 1.165) is 28.8 Å². The second-order valence-electron chi connectivity index (χ2n) is 14.8. The highest BCUT2D eigenvalue weighted by Gasteiger charge is 2.52. The summed E-state index contributed by atoms with van der Waals surface area (Å²) >= 11 is 0. The highest BCUT2D eigenvalue weighted by molar-refractivity contribution is 7.89. The molecule has 0 radical (unpaired) electrons. The van der Waals surface area contributed by atoms with E-state index in [2.05, 4.69) is 10.6 Å². The normalized spacial score (nSPS) is 21.3. The Hall–Kier alpha value is -3.41. The standard InChI is InChI=1S/C35H44F6N4O6S/c1-21-18-24(29(46)44-13-9-32(5,48)10-14-44)19-22(2)25(21)8-17-52(49,50)45-15-11-33(12-16-45)30(47)42-28(43-33)23-6-7-27(26(20-23)34(36,37)38)51-31(3,4)35(39,40)41/h6-7,18-20,28,43,48H,8-17H2,1-5H3,(H,42,47). The lowest BCUT2D eigenvalue weighted by Crippen LogP contribution is -2.55. The van der Waals surface area contributed by atoms with Crippen LogP contribution in [-0.2, 0) is 27.4 Å². The number of nitrogens with zero attached hydrogens (tertiary/aromatic N) is 2. The second-order valence-corrected chi connectivity index (χ2v) is 16.9. The lowest BCUT2D eigenvalue weighted by molar-refractivity contribution is -0.236. The molecule has 0 aliphatic carbocycles. The minimum absolute atomic E-state index is 0.0302. The minimum atomic E-state index is -5.07. The number of rotatable bonds is 8. The number of aliphatic hydroxyl groups is 1. The Morgan fingerprint density at radius 3 is 2.08 bits per heavy atom. The van der Waals surface area contributed by atoms with E-state index in [1.165, 1.54) is 4.31 Å². The van der Waals surface area contributed by atoms with Crippen molar-refractivity contribution < 1.29 is 54.2 Å². The molecule has 288 valence electrons. The molecule has 1 unspecified atom stereocenters. The Balaban J connectivity index is 1.22. The van der Waals surface area contributed by atoms with Crippen LogP contribution in [0.4, 0.5) is 26.3 Å². The summed E-state index contributed by atoms with van der Waals surface area (Å²) in [5, 5.41) is 15.8. The Morgan fingerprint density at radius 1 is 0.962 bits per heavy atom. The first-order chi connectivity index (χ1) is 23.8. The maximum Gasteiger partial charge on any atom is 0.427 e. The van der Waals surface area contributed by atoms with Crippen molar-refractivity contribution in [1.82, 2.24) is 19.8 Å². The van der Waals surface area contributed by atoms with Crippen LogP contribution in [0.25, 0.3) is 0 Å². The zero-order valence-electron chi connectivity index (χ0n) is 29.6. The molecule has 1 atom stereocenters. The lowest BCUT2D eigenvalue weighted by atomic mass is 9.88. The quantitative estimate of drug-likeness (QED) is 0.318. The van der Waals surface area contributed by atoms with Crippen LogP contribution in [0.5, 0.6) is 5.75 Å². The number of hydrogen-bond donors (Lipinski definition) is 3. The smallest absolute Gasteiger partial charge is 0.427 e. The van der Waals surface area contributed by atoms with Crippen molar-refractivity contribution in [3.63, 3.8) is 0 Å². The first-order valence-corrected chi connectivity index (χ1v) is 18.6. The van der Waals surface area contributed by atoms with Crippen LogP contribution in [-0.4, -0.2) is 89.4 Å².